The van der Waals surface area contributed by atoms with Gasteiger partial charge in [0.2, 0.25) is 5.69 Å². The summed E-state index contributed by atoms with van der Waals surface area (Å²) in [7, 11) is 0. The highest BCUT2D eigenvalue weighted by molar-refractivity contribution is 5.66. The maximum absolute atomic E-state index is 11.8. The maximum atomic E-state index is 11.8. The Morgan fingerprint density at radius 1 is 1.63 bits per heavy atom. The average molecular weight is 267 g/mol. The second-order valence-electron chi connectivity index (χ2n) is 4.42. The lowest BCUT2D eigenvalue weighted by atomic mass is 10.1. The standard InChI is InChI=1S/C13H17NO5/c1-4-12-18-7-11-10(6-17-9(3)15)5-14(16)8(2)13(11)19-12/h5,12H,4,6-7H2,1-3H3. The smallest absolute Gasteiger partial charge is 0.302 e. The molecule has 1 aromatic rings. The number of rotatable bonds is 3. The molecule has 2 heterocycles. The summed E-state index contributed by atoms with van der Waals surface area (Å²) in [6.07, 6.45) is 1.76. The third-order valence-electron chi connectivity index (χ3n) is 3.02. The van der Waals surface area contributed by atoms with Crippen LogP contribution < -0.4 is 9.47 Å². The van der Waals surface area contributed by atoms with Gasteiger partial charge in [-0.1, -0.05) is 6.92 Å². The molecule has 0 saturated heterocycles. The predicted octanol–water partition coefficient (Wildman–Crippen LogP) is 1.34. The number of carbonyl (C=O) groups is 1. The molecule has 1 aromatic heterocycles. The Hall–Kier alpha value is -1.82. The molecule has 6 heteroatoms. The van der Waals surface area contributed by atoms with E-state index < -0.39 is 5.97 Å². The fraction of sp³-hybridized carbons (Fsp3) is 0.538. The molecule has 1 unspecified atom stereocenters. The predicted molar refractivity (Wildman–Crippen MR) is 65.1 cm³/mol. The fourth-order valence-electron chi connectivity index (χ4n) is 1.94. The van der Waals surface area contributed by atoms with E-state index >= 15 is 0 Å². The van der Waals surface area contributed by atoms with Crippen molar-refractivity contribution in [2.75, 3.05) is 0 Å². The number of fused-ring (bicyclic) bond motifs is 1. The highest BCUT2D eigenvalue weighted by atomic mass is 16.7. The first-order chi connectivity index (χ1) is 9.02. The summed E-state index contributed by atoms with van der Waals surface area (Å²) in [5.74, 6) is 0.147. The molecule has 2 rings (SSSR count). The van der Waals surface area contributed by atoms with Crippen LogP contribution in [0.1, 0.15) is 37.1 Å². The van der Waals surface area contributed by atoms with Gasteiger partial charge in [-0.3, -0.25) is 4.79 Å². The van der Waals surface area contributed by atoms with E-state index in [9.17, 15) is 10.0 Å². The van der Waals surface area contributed by atoms with Crippen LogP contribution in [0.15, 0.2) is 6.20 Å². The molecule has 0 fully saturated rings. The molecule has 0 radical (unpaired) electrons. The van der Waals surface area contributed by atoms with Crippen LogP contribution in [0.5, 0.6) is 5.75 Å². The van der Waals surface area contributed by atoms with Crippen LogP contribution in [0.25, 0.3) is 0 Å². The minimum absolute atomic E-state index is 0.0453. The number of esters is 1. The van der Waals surface area contributed by atoms with Crippen molar-refractivity contribution in [2.24, 2.45) is 0 Å². The highest BCUT2D eigenvalue weighted by Gasteiger charge is 2.28. The van der Waals surface area contributed by atoms with Crippen LogP contribution in [0.2, 0.25) is 0 Å². The number of pyridine rings is 1. The van der Waals surface area contributed by atoms with E-state index in [2.05, 4.69) is 0 Å². The molecular weight excluding hydrogens is 250 g/mol. The van der Waals surface area contributed by atoms with Gasteiger partial charge in [-0.05, 0) is 0 Å². The summed E-state index contributed by atoms with van der Waals surface area (Å²) >= 11 is 0. The van der Waals surface area contributed by atoms with E-state index in [-0.39, 0.29) is 12.9 Å². The largest absolute Gasteiger partial charge is 0.618 e. The first-order valence-electron chi connectivity index (χ1n) is 6.19. The lowest BCUT2D eigenvalue weighted by Gasteiger charge is -2.27. The van der Waals surface area contributed by atoms with Crippen molar-refractivity contribution >= 4 is 5.97 Å². The number of ether oxygens (including phenoxy) is 3. The Kier molecular flexibility index (Phi) is 3.90. The molecular formula is C13H17NO5. The molecule has 0 N–H and O–H groups in total. The molecule has 0 bridgehead atoms. The zero-order chi connectivity index (χ0) is 14.0. The number of hydrogen-bond donors (Lipinski definition) is 0. The molecule has 104 valence electrons. The number of hydrogen-bond acceptors (Lipinski definition) is 5. The van der Waals surface area contributed by atoms with Crippen LogP contribution in [0.3, 0.4) is 0 Å². The van der Waals surface area contributed by atoms with Crippen molar-refractivity contribution in [1.29, 1.82) is 0 Å². The van der Waals surface area contributed by atoms with Crippen molar-refractivity contribution < 1.29 is 23.7 Å². The number of carbonyl (C=O) groups excluding carboxylic acids is 1. The third kappa shape index (κ3) is 2.78. The summed E-state index contributed by atoms with van der Waals surface area (Å²) < 4.78 is 16.9. The van der Waals surface area contributed by atoms with Crippen LogP contribution >= 0.6 is 0 Å². The van der Waals surface area contributed by atoms with E-state index in [1.54, 1.807) is 6.92 Å². The van der Waals surface area contributed by atoms with Gasteiger partial charge in [0.05, 0.1) is 12.2 Å². The summed E-state index contributed by atoms with van der Waals surface area (Å²) in [6, 6.07) is 0. The molecule has 0 saturated carbocycles. The highest BCUT2D eigenvalue weighted by Crippen LogP contribution is 2.31. The quantitative estimate of drug-likeness (QED) is 0.469. The molecule has 0 spiro atoms. The van der Waals surface area contributed by atoms with Crippen molar-refractivity contribution in [2.45, 2.75) is 46.7 Å². The third-order valence-corrected chi connectivity index (χ3v) is 3.02. The van der Waals surface area contributed by atoms with Gasteiger partial charge in [-0.25, -0.2) is 0 Å². The monoisotopic (exact) mass is 267 g/mol. The Bertz CT molecular complexity index is 500. The van der Waals surface area contributed by atoms with Crippen LogP contribution in [-0.2, 0) is 27.5 Å². The van der Waals surface area contributed by atoms with E-state index in [0.29, 0.717) is 30.0 Å². The molecule has 6 nitrogen and oxygen atoms in total. The lowest BCUT2D eigenvalue weighted by molar-refractivity contribution is -0.613. The Labute approximate surface area is 111 Å². The van der Waals surface area contributed by atoms with Gasteiger partial charge in [0.25, 0.3) is 0 Å². The van der Waals surface area contributed by atoms with Gasteiger partial charge in [0, 0.05) is 25.8 Å². The van der Waals surface area contributed by atoms with Gasteiger partial charge in [0.1, 0.15) is 6.61 Å². The van der Waals surface area contributed by atoms with Crippen LogP contribution in [0, 0.1) is 12.1 Å². The van der Waals surface area contributed by atoms with E-state index in [1.807, 2.05) is 6.92 Å². The van der Waals surface area contributed by atoms with Gasteiger partial charge in [-0.15, -0.1) is 0 Å². The normalized spacial score (nSPS) is 17.5. The zero-order valence-corrected chi connectivity index (χ0v) is 11.3. The average Bonchev–Trinajstić information content (AvgIpc) is 2.40. The topological polar surface area (TPSA) is 71.7 Å². The van der Waals surface area contributed by atoms with Gasteiger partial charge >= 0.3 is 5.97 Å². The maximum Gasteiger partial charge on any atom is 0.302 e. The van der Waals surface area contributed by atoms with Gasteiger partial charge in [-0.2, -0.15) is 4.73 Å². The van der Waals surface area contributed by atoms with E-state index in [4.69, 9.17) is 14.2 Å². The molecule has 0 aliphatic carbocycles. The van der Waals surface area contributed by atoms with Gasteiger partial charge in [0.15, 0.2) is 18.2 Å². The Morgan fingerprint density at radius 2 is 2.37 bits per heavy atom. The summed E-state index contributed by atoms with van der Waals surface area (Å²) in [6.45, 7) is 5.36. The molecule has 0 amide bonds. The summed E-state index contributed by atoms with van der Waals surface area (Å²) in [4.78, 5) is 10.9. The molecule has 19 heavy (non-hydrogen) atoms. The SMILES string of the molecule is CCC1OCc2c(COC(C)=O)c[n+]([O-])c(C)c2O1. The minimum atomic E-state index is -0.393. The van der Waals surface area contributed by atoms with Crippen molar-refractivity contribution in [1.82, 2.24) is 0 Å². The van der Waals surface area contributed by atoms with Gasteiger partial charge < -0.3 is 19.4 Å². The Balaban J connectivity index is 2.36. The molecule has 1 aliphatic rings. The summed E-state index contributed by atoms with van der Waals surface area (Å²) in [5.41, 5.74) is 1.87. The van der Waals surface area contributed by atoms with Crippen molar-refractivity contribution in [3.63, 3.8) is 0 Å². The molecule has 1 atom stereocenters. The van der Waals surface area contributed by atoms with E-state index in [0.717, 1.165) is 10.3 Å². The van der Waals surface area contributed by atoms with Crippen molar-refractivity contribution in [3.05, 3.63) is 28.2 Å². The van der Waals surface area contributed by atoms with Crippen LogP contribution in [0.4, 0.5) is 0 Å². The second-order valence-corrected chi connectivity index (χ2v) is 4.42. The number of nitrogens with zero attached hydrogens (tertiary/aromatic N) is 1. The first kappa shape index (κ1) is 13.6. The number of aromatic nitrogens is 1. The summed E-state index contributed by atoms with van der Waals surface area (Å²) in [5, 5.41) is 11.8. The van der Waals surface area contributed by atoms with Crippen LogP contribution in [-0.4, -0.2) is 12.3 Å². The lowest BCUT2D eigenvalue weighted by Crippen LogP contribution is -2.36. The second kappa shape index (κ2) is 5.44. The molecule has 1 aliphatic heterocycles. The Morgan fingerprint density at radius 3 is 3.00 bits per heavy atom. The minimum Gasteiger partial charge on any atom is -0.618 e. The fourth-order valence-corrected chi connectivity index (χ4v) is 1.94. The molecule has 0 aromatic carbocycles. The zero-order valence-electron chi connectivity index (χ0n) is 11.3. The van der Waals surface area contributed by atoms with E-state index in [1.165, 1.54) is 13.1 Å². The van der Waals surface area contributed by atoms with Crippen molar-refractivity contribution in [3.8, 4) is 5.75 Å². The first-order valence-corrected chi connectivity index (χ1v) is 6.19.